The van der Waals surface area contributed by atoms with Crippen LogP contribution in [0.5, 0.6) is 0 Å². The molecule has 0 spiro atoms. The van der Waals surface area contributed by atoms with E-state index in [-0.39, 0.29) is 23.2 Å². The van der Waals surface area contributed by atoms with Crippen LogP contribution < -0.4 is 4.90 Å². The van der Waals surface area contributed by atoms with Crippen molar-refractivity contribution in [3.05, 3.63) is 71.5 Å². The highest BCUT2D eigenvalue weighted by Crippen LogP contribution is 2.31. The predicted octanol–water partition coefficient (Wildman–Crippen LogP) is 1.66. The van der Waals surface area contributed by atoms with Gasteiger partial charge in [-0.2, -0.15) is 5.21 Å². The van der Waals surface area contributed by atoms with Gasteiger partial charge in [0.25, 0.3) is 0 Å². The summed E-state index contributed by atoms with van der Waals surface area (Å²) in [6.07, 6.45) is 0. The molecule has 0 saturated carbocycles. The number of Topliss-reactive ketones (excluding diaryl/α,β-unsaturated/α-hetero) is 1. The Morgan fingerprint density at radius 3 is 2.59 bits per heavy atom. The second-order valence-electron chi connectivity index (χ2n) is 6.13. The second-order valence-corrected chi connectivity index (χ2v) is 6.13. The monoisotopic (exact) mass is 360 g/mol. The van der Waals surface area contributed by atoms with E-state index in [1.165, 1.54) is 4.90 Å². The van der Waals surface area contributed by atoms with Crippen LogP contribution in [0.3, 0.4) is 0 Å². The molecule has 134 valence electrons. The minimum atomic E-state index is -1.11. The Bertz CT molecular complexity index is 1010. The average Bonchev–Trinajstić information content (AvgIpc) is 3.24. The third-order valence-corrected chi connectivity index (χ3v) is 4.49. The van der Waals surface area contributed by atoms with E-state index in [4.69, 9.17) is 0 Å². The number of benzene rings is 2. The van der Waals surface area contributed by atoms with Gasteiger partial charge in [-0.15, -0.1) is 10.2 Å². The molecule has 4 rings (SSSR count). The summed E-state index contributed by atoms with van der Waals surface area (Å²) in [5, 5.41) is 13.8. The zero-order valence-electron chi connectivity index (χ0n) is 14.5. The van der Waals surface area contributed by atoms with E-state index < -0.39 is 5.92 Å². The number of aliphatic imine (C=N–C) groups is 1. The summed E-state index contributed by atoms with van der Waals surface area (Å²) in [4.78, 5) is 32.1. The fourth-order valence-corrected chi connectivity index (χ4v) is 3.12. The van der Waals surface area contributed by atoms with Crippen LogP contribution in [-0.4, -0.2) is 45.1 Å². The first-order chi connectivity index (χ1) is 13.2. The van der Waals surface area contributed by atoms with Gasteiger partial charge < -0.3 is 4.90 Å². The summed E-state index contributed by atoms with van der Waals surface area (Å²) in [7, 11) is 1.64. The number of nitrogens with zero attached hydrogens (tertiary/aromatic N) is 5. The number of fused-ring (bicyclic) bond motifs is 1. The van der Waals surface area contributed by atoms with Gasteiger partial charge in [0.05, 0.1) is 12.2 Å². The highest BCUT2D eigenvalue weighted by atomic mass is 16.2. The molecule has 2 aromatic carbocycles. The van der Waals surface area contributed by atoms with E-state index in [2.05, 4.69) is 25.6 Å². The molecule has 1 unspecified atom stereocenters. The van der Waals surface area contributed by atoms with Crippen LogP contribution in [0.1, 0.15) is 21.7 Å². The number of rotatable bonds is 4. The second kappa shape index (κ2) is 6.91. The molecule has 0 aliphatic carbocycles. The Morgan fingerprint density at radius 2 is 1.85 bits per heavy atom. The van der Waals surface area contributed by atoms with Crippen LogP contribution in [0, 0.1) is 5.92 Å². The summed E-state index contributed by atoms with van der Waals surface area (Å²) in [5.74, 6) is -1.64. The van der Waals surface area contributed by atoms with Gasteiger partial charge in [0, 0.05) is 12.6 Å². The maximum atomic E-state index is 13.1. The van der Waals surface area contributed by atoms with Crippen LogP contribution in [0.2, 0.25) is 0 Å². The fraction of sp³-hybridized carbons (Fsp3) is 0.158. The molecular weight excluding hydrogens is 344 g/mol. The van der Waals surface area contributed by atoms with Gasteiger partial charge in [-0.1, -0.05) is 42.5 Å². The van der Waals surface area contributed by atoms with Crippen LogP contribution in [0.4, 0.5) is 5.69 Å². The maximum absolute atomic E-state index is 13.1. The first-order valence-corrected chi connectivity index (χ1v) is 8.39. The Labute approximate surface area is 154 Å². The summed E-state index contributed by atoms with van der Waals surface area (Å²) in [5.41, 5.74) is 2.21. The lowest BCUT2D eigenvalue weighted by Gasteiger charge is -2.30. The summed E-state index contributed by atoms with van der Waals surface area (Å²) in [6, 6.07) is 16.6. The number of amides is 1. The molecule has 1 atom stereocenters. The van der Waals surface area contributed by atoms with Crippen LogP contribution in [-0.2, 0) is 11.3 Å². The number of anilines is 1. The van der Waals surface area contributed by atoms with E-state index in [9.17, 15) is 9.59 Å². The summed E-state index contributed by atoms with van der Waals surface area (Å²) >= 11 is 0. The van der Waals surface area contributed by atoms with Crippen molar-refractivity contribution in [2.75, 3.05) is 11.9 Å². The van der Waals surface area contributed by atoms with Crippen molar-refractivity contribution in [3.63, 3.8) is 0 Å². The van der Waals surface area contributed by atoms with Gasteiger partial charge in [0.1, 0.15) is 11.6 Å². The minimum Gasteiger partial charge on any atom is -0.314 e. The SMILES string of the molecule is CN1C(=O)C(C(=NCc2ccccc2)c2nn[nH]n2)C(=O)c2ccccc21. The number of para-hydroxylation sites is 1. The molecule has 1 aliphatic rings. The molecular formula is C19H16N6O2. The van der Waals surface area contributed by atoms with Crippen molar-refractivity contribution in [2.24, 2.45) is 10.9 Å². The number of nitrogens with one attached hydrogen (secondary N) is 1. The van der Waals surface area contributed by atoms with Crippen molar-refractivity contribution in [2.45, 2.75) is 6.54 Å². The summed E-state index contributed by atoms with van der Waals surface area (Å²) < 4.78 is 0. The van der Waals surface area contributed by atoms with Crippen LogP contribution in [0.15, 0.2) is 59.6 Å². The van der Waals surface area contributed by atoms with Gasteiger partial charge in [-0.25, -0.2) is 0 Å². The van der Waals surface area contributed by atoms with Crippen LogP contribution in [0.25, 0.3) is 0 Å². The number of carbonyl (C=O) groups is 2. The van der Waals surface area contributed by atoms with Crippen molar-refractivity contribution < 1.29 is 9.59 Å². The molecule has 27 heavy (non-hydrogen) atoms. The standard InChI is InChI=1S/C19H16N6O2/c1-25-14-10-6-5-9-13(14)17(26)15(19(25)27)16(18-21-23-24-22-18)20-11-12-7-3-2-4-8-12/h2-10,15H,11H2,1H3,(H,21,22,23,24). The fourth-order valence-electron chi connectivity index (χ4n) is 3.12. The van der Waals surface area contributed by atoms with Crippen LogP contribution >= 0.6 is 0 Å². The van der Waals surface area contributed by atoms with Gasteiger partial charge in [-0.3, -0.25) is 14.6 Å². The molecule has 2 heterocycles. The van der Waals surface area contributed by atoms with E-state index in [0.717, 1.165) is 5.56 Å². The Morgan fingerprint density at radius 1 is 1.11 bits per heavy atom. The molecule has 0 fully saturated rings. The highest BCUT2D eigenvalue weighted by Gasteiger charge is 2.42. The molecule has 1 aliphatic heterocycles. The molecule has 0 bridgehead atoms. The molecule has 0 radical (unpaired) electrons. The first-order valence-electron chi connectivity index (χ1n) is 8.39. The Kier molecular flexibility index (Phi) is 4.29. The number of hydrogen-bond donors (Lipinski definition) is 1. The molecule has 3 aromatic rings. The number of aromatic amines is 1. The lowest BCUT2D eigenvalue weighted by molar-refractivity contribution is -0.119. The van der Waals surface area contributed by atoms with Crippen molar-refractivity contribution in [1.82, 2.24) is 20.6 Å². The zero-order valence-corrected chi connectivity index (χ0v) is 14.5. The smallest absolute Gasteiger partial charge is 0.243 e. The molecule has 0 saturated heterocycles. The van der Waals surface area contributed by atoms with E-state index in [1.54, 1.807) is 31.3 Å². The highest BCUT2D eigenvalue weighted by molar-refractivity contribution is 6.34. The predicted molar refractivity (Wildman–Crippen MR) is 98.5 cm³/mol. The first kappa shape index (κ1) is 16.8. The van der Waals surface area contributed by atoms with E-state index >= 15 is 0 Å². The molecule has 1 aromatic heterocycles. The average molecular weight is 360 g/mol. The lowest BCUT2D eigenvalue weighted by Crippen LogP contribution is -2.46. The topological polar surface area (TPSA) is 104 Å². The number of aromatic nitrogens is 4. The Balaban J connectivity index is 1.78. The largest absolute Gasteiger partial charge is 0.314 e. The molecule has 1 amide bonds. The number of tetrazole rings is 1. The summed E-state index contributed by atoms with van der Waals surface area (Å²) in [6.45, 7) is 0.299. The van der Waals surface area contributed by atoms with Gasteiger partial charge in [0.2, 0.25) is 11.7 Å². The van der Waals surface area contributed by atoms with E-state index in [1.807, 2.05) is 30.3 Å². The van der Waals surface area contributed by atoms with Gasteiger partial charge >= 0.3 is 0 Å². The maximum Gasteiger partial charge on any atom is 0.243 e. The zero-order chi connectivity index (χ0) is 18.8. The number of carbonyl (C=O) groups excluding carboxylic acids is 2. The third-order valence-electron chi connectivity index (χ3n) is 4.49. The molecule has 1 N–H and O–H groups in total. The molecule has 8 heteroatoms. The van der Waals surface area contributed by atoms with Crippen molar-refractivity contribution >= 4 is 23.1 Å². The van der Waals surface area contributed by atoms with E-state index in [0.29, 0.717) is 17.8 Å². The minimum absolute atomic E-state index is 0.144. The lowest BCUT2D eigenvalue weighted by atomic mass is 9.86. The van der Waals surface area contributed by atoms with Crippen molar-refractivity contribution in [3.8, 4) is 0 Å². The van der Waals surface area contributed by atoms with Crippen molar-refractivity contribution in [1.29, 1.82) is 0 Å². The number of hydrogen-bond acceptors (Lipinski definition) is 6. The number of ketones is 1. The van der Waals surface area contributed by atoms with Gasteiger partial charge in [0.15, 0.2) is 5.78 Å². The Hall–Kier alpha value is -3.68. The quantitative estimate of drug-likeness (QED) is 0.563. The van der Waals surface area contributed by atoms with Gasteiger partial charge in [-0.05, 0) is 22.9 Å². The third kappa shape index (κ3) is 3.01. The number of H-pyrrole nitrogens is 1. The molecule has 8 nitrogen and oxygen atoms in total. The normalized spacial score (nSPS) is 17.1.